The molecule has 4 aliphatic carbocycles. The average molecular weight is 384 g/mol. The molecule has 1 aromatic carbocycles. The van der Waals surface area contributed by atoms with Gasteiger partial charge in [0.15, 0.2) is 0 Å². The second-order valence-corrected chi connectivity index (χ2v) is 9.97. The Bertz CT molecular complexity index is 954. The Kier molecular flexibility index (Phi) is 3.20. The van der Waals surface area contributed by atoms with Gasteiger partial charge in [0.2, 0.25) is 0 Å². The minimum Gasteiger partial charge on any atom is -0.392 e. The third kappa shape index (κ3) is 2.19. The van der Waals surface area contributed by atoms with Crippen molar-refractivity contribution < 1.29 is 19.7 Å². The molecule has 2 heterocycles. The van der Waals surface area contributed by atoms with Gasteiger partial charge in [0, 0.05) is 23.0 Å². The van der Waals surface area contributed by atoms with Crippen LogP contribution in [0.2, 0.25) is 0 Å². The van der Waals surface area contributed by atoms with E-state index >= 15 is 0 Å². The number of halogens is 1. The smallest absolute Gasteiger partial charge is 0.129 e. The molecule has 4 fully saturated rings. The van der Waals surface area contributed by atoms with E-state index in [1.54, 1.807) is 18.6 Å². The highest BCUT2D eigenvalue weighted by Gasteiger charge is 2.64. The number of imidazole rings is 1. The van der Waals surface area contributed by atoms with Crippen molar-refractivity contribution in [3.05, 3.63) is 42.1 Å². The first-order valence-electron chi connectivity index (χ1n) is 10.2. The normalized spacial score (nSPS) is 41.1. The molecular formula is C22H25FN2O3. The van der Waals surface area contributed by atoms with Crippen molar-refractivity contribution in [2.24, 2.45) is 11.3 Å². The van der Waals surface area contributed by atoms with Crippen LogP contribution in [0.15, 0.2) is 30.7 Å². The molecule has 4 saturated carbocycles. The summed E-state index contributed by atoms with van der Waals surface area (Å²) in [6, 6.07) is 4.75. The van der Waals surface area contributed by atoms with Gasteiger partial charge >= 0.3 is 0 Å². The molecule has 28 heavy (non-hydrogen) atoms. The number of aromatic nitrogens is 2. The Hall–Kier alpha value is -1.76. The SMILES string of the molecule is OC(CC1c2c(F)cccc2-c2cncn21)C12CC3CC(O)(CC(O)(C3)C1)C2. The molecule has 4 unspecified atom stereocenters. The molecule has 5 aliphatic rings. The lowest BCUT2D eigenvalue weighted by Crippen LogP contribution is -2.65. The van der Waals surface area contributed by atoms with Crippen LogP contribution in [0, 0.1) is 17.2 Å². The molecule has 1 aromatic heterocycles. The lowest BCUT2D eigenvalue weighted by molar-refractivity contribution is -0.252. The lowest BCUT2D eigenvalue weighted by atomic mass is 9.44. The first-order chi connectivity index (χ1) is 13.3. The van der Waals surface area contributed by atoms with E-state index in [1.165, 1.54) is 6.07 Å². The summed E-state index contributed by atoms with van der Waals surface area (Å²) < 4.78 is 16.7. The third-order valence-electron chi connectivity index (χ3n) is 7.87. The number of fused-ring (bicyclic) bond motifs is 3. The van der Waals surface area contributed by atoms with Gasteiger partial charge in [-0.25, -0.2) is 9.37 Å². The van der Waals surface area contributed by atoms with E-state index in [-0.39, 0.29) is 17.8 Å². The van der Waals surface area contributed by atoms with Crippen molar-refractivity contribution >= 4 is 0 Å². The van der Waals surface area contributed by atoms with Crippen LogP contribution in [0.3, 0.4) is 0 Å². The largest absolute Gasteiger partial charge is 0.392 e. The Labute approximate surface area is 162 Å². The Morgan fingerprint density at radius 3 is 2.61 bits per heavy atom. The van der Waals surface area contributed by atoms with E-state index in [2.05, 4.69) is 4.98 Å². The van der Waals surface area contributed by atoms with Crippen molar-refractivity contribution in [1.29, 1.82) is 0 Å². The predicted octanol–water partition coefficient (Wildman–Crippen LogP) is 2.79. The van der Waals surface area contributed by atoms with Crippen LogP contribution < -0.4 is 0 Å². The lowest BCUT2D eigenvalue weighted by Gasteiger charge is -2.64. The van der Waals surface area contributed by atoms with E-state index in [0.717, 1.165) is 30.5 Å². The minimum atomic E-state index is -0.881. The van der Waals surface area contributed by atoms with Crippen LogP contribution in [-0.2, 0) is 0 Å². The molecule has 0 radical (unpaired) electrons. The number of nitrogens with zero attached hydrogens (tertiary/aromatic N) is 2. The second-order valence-electron chi connectivity index (χ2n) is 9.97. The molecule has 7 rings (SSSR count). The Morgan fingerprint density at radius 1 is 1.14 bits per heavy atom. The first kappa shape index (κ1) is 17.1. The van der Waals surface area contributed by atoms with E-state index in [1.807, 2.05) is 10.6 Å². The second kappa shape index (κ2) is 5.23. The fourth-order valence-corrected chi connectivity index (χ4v) is 7.47. The highest BCUT2D eigenvalue weighted by Crippen LogP contribution is 2.65. The maximum absolute atomic E-state index is 14.7. The van der Waals surface area contributed by atoms with Gasteiger partial charge in [0.05, 0.1) is 41.6 Å². The molecule has 148 valence electrons. The molecule has 2 aromatic rings. The summed E-state index contributed by atoms with van der Waals surface area (Å²) in [6.07, 6.45) is 6.79. The standard InChI is InChI=1S/C22H25FN2O3/c23-15-3-1-2-14-17-8-24-12-25(17)16(19(14)15)4-18(26)20-5-13-6-21(27,9-20)11-22(28,7-13)10-20/h1-3,8,12-13,16,18,26-28H,4-7,9-11H2. The molecule has 6 heteroatoms. The highest BCUT2D eigenvalue weighted by atomic mass is 19.1. The fraction of sp³-hybridized carbons (Fsp3) is 0.591. The van der Waals surface area contributed by atoms with Gasteiger partial charge in [-0.15, -0.1) is 0 Å². The van der Waals surface area contributed by atoms with E-state index in [4.69, 9.17) is 0 Å². The van der Waals surface area contributed by atoms with Crippen LogP contribution >= 0.6 is 0 Å². The van der Waals surface area contributed by atoms with Crippen molar-refractivity contribution in [3.8, 4) is 11.3 Å². The minimum absolute atomic E-state index is 0.248. The molecule has 0 saturated heterocycles. The number of benzene rings is 1. The molecule has 3 N–H and O–H groups in total. The summed E-state index contributed by atoms with van der Waals surface area (Å²) in [5.74, 6) is -0.0153. The molecule has 4 atom stereocenters. The number of aliphatic hydroxyl groups excluding tert-OH is 1. The number of hydrogen-bond donors (Lipinski definition) is 3. The van der Waals surface area contributed by atoms with E-state index in [9.17, 15) is 19.7 Å². The molecule has 5 nitrogen and oxygen atoms in total. The van der Waals surface area contributed by atoms with Crippen molar-refractivity contribution in [2.75, 3.05) is 0 Å². The molecule has 1 aliphatic heterocycles. The van der Waals surface area contributed by atoms with Crippen LogP contribution in [-0.4, -0.2) is 42.2 Å². The summed E-state index contributed by atoms with van der Waals surface area (Å²) in [5.41, 5.74) is 0.0491. The number of rotatable bonds is 3. The monoisotopic (exact) mass is 384 g/mol. The van der Waals surface area contributed by atoms with E-state index < -0.39 is 22.7 Å². The van der Waals surface area contributed by atoms with E-state index in [0.29, 0.717) is 31.2 Å². The summed E-state index contributed by atoms with van der Waals surface area (Å²) >= 11 is 0. The van der Waals surface area contributed by atoms with Crippen LogP contribution in [0.25, 0.3) is 11.3 Å². The van der Waals surface area contributed by atoms with Crippen LogP contribution in [0.5, 0.6) is 0 Å². The van der Waals surface area contributed by atoms with Crippen molar-refractivity contribution in [2.45, 2.75) is 68.3 Å². The van der Waals surface area contributed by atoms with Crippen molar-refractivity contribution in [1.82, 2.24) is 9.55 Å². The Balaban J connectivity index is 1.37. The summed E-state index contributed by atoms with van der Waals surface area (Å²) in [7, 11) is 0. The van der Waals surface area contributed by atoms with Gasteiger partial charge in [0.1, 0.15) is 5.82 Å². The molecule has 0 amide bonds. The fourth-order valence-electron chi connectivity index (χ4n) is 7.47. The zero-order chi connectivity index (χ0) is 19.3. The zero-order valence-electron chi connectivity index (χ0n) is 15.7. The summed E-state index contributed by atoms with van der Waals surface area (Å²) in [5, 5.41) is 33.5. The topological polar surface area (TPSA) is 78.5 Å². The van der Waals surface area contributed by atoms with Crippen molar-refractivity contribution in [3.63, 3.8) is 0 Å². The Morgan fingerprint density at radius 2 is 1.89 bits per heavy atom. The zero-order valence-corrected chi connectivity index (χ0v) is 15.7. The molecular weight excluding hydrogens is 359 g/mol. The summed E-state index contributed by atoms with van der Waals surface area (Å²) in [6.45, 7) is 0. The average Bonchev–Trinajstić information content (AvgIpc) is 3.15. The van der Waals surface area contributed by atoms with Gasteiger partial charge in [-0.05, 0) is 50.5 Å². The predicted molar refractivity (Wildman–Crippen MR) is 99.9 cm³/mol. The third-order valence-corrected chi connectivity index (χ3v) is 7.87. The van der Waals surface area contributed by atoms with Gasteiger partial charge < -0.3 is 19.9 Å². The first-order valence-corrected chi connectivity index (χ1v) is 10.2. The van der Waals surface area contributed by atoms with Gasteiger partial charge in [-0.3, -0.25) is 0 Å². The van der Waals surface area contributed by atoms with Crippen LogP contribution in [0.1, 0.15) is 56.6 Å². The van der Waals surface area contributed by atoms with Gasteiger partial charge in [0.25, 0.3) is 0 Å². The maximum Gasteiger partial charge on any atom is 0.129 e. The molecule has 0 spiro atoms. The summed E-state index contributed by atoms with van der Waals surface area (Å²) in [4.78, 5) is 4.22. The van der Waals surface area contributed by atoms with Crippen LogP contribution in [0.4, 0.5) is 4.39 Å². The van der Waals surface area contributed by atoms with Gasteiger partial charge in [-0.1, -0.05) is 12.1 Å². The number of hydrogen-bond acceptors (Lipinski definition) is 4. The quantitative estimate of drug-likeness (QED) is 0.760. The number of aliphatic hydroxyl groups is 3. The van der Waals surface area contributed by atoms with Gasteiger partial charge in [-0.2, -0.15) is 0 Å². The highest BCUT2D eigenvalue weighted by molar-refractivity contribution is 5.69. The molecule has 4 bridgehead atoms. The maximum atomic E-state index is 14.7.